The Morgan fingerprint density at radius 3 is 2.58 bits per heavy atom. The number of halogens is 1. The minimum Gasteiger partial charge on any atom is -0.369 e. The smallest absolute Gasteiger partial charge is 0.287 e. The standard InChI is InChI=1S/C13H23ClN4O/c1-5-17(9-13(3,4)8-15)10-7-16-18(6-2)12(19)11(10)14/h7H,5-6,8-9,15H2,1-4H3. The molecule has 5 nitrogen and oxygen atoms in total. The fourth-order valence-corrected chi connectivity index (χ4v) is 2.12. The highest BCUT2D eigenvalue weighted by Gasteiger charge is 2.22. The SMILES string of the molecule is CCN(CC(C)(C)CN)c1cnn(CC)c(=O)c1Cl. The van der Waals surface area contributed by atoms with Crippen molar-refractivity contribution in [1.29, 1.82) is 0 Å². The molecule has 0 amide bonds. The van der Waals surface area contributed by atoms with E-state index < -0.39 is 0 Å². The average molecular weight is 287 g/mol. The van der Waals surface area contributed by atoms with Crippen molar-refractivity contribution in [2.75, 3.05) is 24.5 Å². The quantitative estimate of drug-likeness (QED) is 0.865. The van der Waals surface area contributed by atoms with E-state index in [1.807, 2.05) is 18.7 Å². The van der Waals surface area contributed by atoms with Crippen molar-refractivity contribution < 1.29 is 0 Å². The van der Waals surface area contributed by atoms with E-state index in [0.717, 1.165) is 13.1 Å². The number of rotatable bonds is 6. The molecule has 0 radical (unpaired) electrons. The first-order valence-electron chi connectivity index (χ1n) is 6.57. The minimum atomic E-state index is -0.245. The molecule has 0 aromatic carbocycles. The Hall–Kier alpha value is -1.07. The lowest BCUT2D eigenvalue weighted by Gasteiger charge is -2.32. The van der Waals surface area contributed by atoms with Gasteiger partial charge < -0.3 is 10.6 Å². The number of hydrogen-bond donors (Lipinski definition) is 1. The topological polar surface area (TPSA) is 64.2 Å². The Kier molecular flexibility index (Phi) is 5.38. The molecule has 0 saturated heterocycles. The Balaban J connectivity index is 3.13. The third kappa shape index (κ3) is 3.70. The van der Waals surface area contributed by atoms with Crippen LogP contribution in [0.25, 0.3) is 0 Å². The fraction of sp³-hybridized carbons (Fsp3) is 0.692. The molecule has 0 aliphatic rings. The van der Waals surface area contributed by atoms with Gasteiger partial charge in [0.25, 0.3) is 5.56 Å². The minimum absolute atomic E-state index is 0.0427. The molecule has 0 fully saturated rings. The normalized spacial score (nSPS) is 11.7. The fourth-order valence-electron chi connectivity index (χ4n) is 1.85. The van der Waals surface area contributed by atoms with Crippen LogP contribution < -0.4 is 16.2 Å². The van der Waals surface area contributed by atoms with Gasteiger partial charge in [0.1, 0.15) is 5.02 Å². The maximum absolute atomic E-state index is 12.0. The van der Waals surface area contributed by atoms with Crippen LogP contribution in [0, 0.1) is 5.41 Å². The highest BCUT2D eigenvalue weighted by atomic mass is 35.5. The summed E-state index contributed by atoms with van der Waals surface area (Å²) < 4.78 is 1.35. The first kappa shape index (κ1) is 16.0. The Morgan fingerprint density at radius 2 is 2.11 bits per heavy atom. The van der Waals surface area contributed by atoms with Crippen molar-refractivity contribution in [2.24, 2.45) is 11.1 Å². The Morgan fingerprint density at radius 1 is 1.47 bits per heavy atom. The second-order valence-corrected chi connectivity index (χ2v) is 5.73. The molecule has 0 saturated carbocycles. The molecule has 1 rings (SSSR count). The van der Waals surface area contributed by atoms with Crippen molar-refractivity contribution in [3.63, 3.8) is 0 Å². The van der Waals surface area contributed by atoms with E-state index in [-0.39, 0.29) is 16.0 Å². The van der Waals surface area contributed by atoms with Crippen molar-refractivity contribution in [3.05, 3.63) is 21.6 Å². The van der Waals surface area contributed by atoms with Gasteiger partial charge in [-0.05, 0) is 25.8 Å². The second kappa shape index (κ2) is 6.39. The molecule has 0 bridgehead atoms. The van der Waals surface area contributed by atoms with Crippen LogP contribution in [0.3, 0.4) is 0 Å². The number of aromatic nitrogens is 2. The van der Waals surface area contributed by atoms with Crippen LogP contribution in [-0.4, -0.2) is 29.4 Å². The summed E-state index contributed by atoms with van der Waals surface area (Å²) in [5.74, 6) is 0. The monoisotopic (exact) mass is 286 g/mol. The Labute approximate surface area is 119 Å². The summed E-state index contributed by atoms with van der Waals surface area (Å²) in [7, 11) is 0. The van der Waals surface area contributed by atoms with E-state index in [2.05, 4.69) is 18.9 Å². The third-order valence-corrected chi connectivity index (χ3v) is 3.52. The number of nitrogens with zero attached hydrogens (tertiary/aromatic N) is 3. The molecule has 1 aromatic rings. The highest BCUT2D eigenvalue weighted by molar-refractivity contribution is 6.33. The molecule has 1 heterocycles. The summed E-state index contributed by atoms with van der Waals surface area (Å²) in [6.45, 7) is 10.6. The number of aryl methyl sites for hydroxylation is 1. The van der Waals surface area contributed by atoms with Crippen molar-refractivity contribution >= 4 is 17.3 Å². The largest absolute Gasteiger partial charge is 0.369 e. The van der Waals surface area contributed by atoms with E-state index in [0.29, 0.717) is 18.8 Å². The molecule has 0 atom stereocenters. The van der Waals surface area contributed by atoms with E-state index >= 15 is 0 Å². The lowest BCUT2D eigenvalue weighted by Crippen LogP contribution is -2.40. The molecule has 0 spiro atoms. The van der Waals surface area contributed by atoms with Gasteiger partial charge in [-0.25, -0.2) is 4.68 Å². The zero-order chi connectivity index (χ0) is 14.6. The van der Waals surface area contributed by atoms with E-state index in [1.165, 1.54) is 4.68 Å². The van der Waals surface area contributed by atoms with Crippen LogP contribution in [0.2, 0.25) is 5.02 Å². The van der Waals surface area contributed by atoms with Crippen LogP contribution in [0.1, 0.15) is 27.7 Å². The van der Waals surface area contributed by atoms with Crippen LogP contribution >= 0.6 is 11.6 Å². The van der Waals surface area contributed by atoms with Crippen molar-refractivity contribution in [2.45, 2.75) is 34.2 Å². The van der Waals surface area contributed by atoms with Crippen molar-refractivity contribution in [1.82, 2.24) is 9.78 Å². The Bertz CT molecular complexity index is 484. The third-order valence-electron chi connectivity index (χ3n) is 3.16. The maximum atomic E-state index is 12.0. The van der Waals surface area contributed by atoms with Gasteiger partial charge in [-0.2, -0.15) is 5.10 Å². The van der Waals surface area contributed by atoms with Crippen LogP contribution in [-0.2, 0) is 6.54 Å². The molecule has 0 aliphatic carbocycles. The molecular formula is C13H23ClN4O. The molecule has 0 unspecified atom stereocenters. The molecule has 1 aromatic heterocycles. The van der Waals surface area contributed by atoms with Crippen LogP contribution in [0.4, 0.5) is 5.69 Å². The molecule has 6 heteroatoms. The van der Waals surface area contributed by atoms with Crippen LogP contribution in [0.15, 0.2) is 11.0 Å². The number of nitrogens with two attached hydrogens (primary N) is 1. The van der Waals surface area contributed by atoms with Crippen LogP contribution in [0.5, 0.6) is 0 Å². The highest BCUT2D eigenvalue weighted by Crippen LogP contribution is 2.25. The lowest BCUT2D eigenvalue weighted by atomic mass is 9.93. The maximum Gasteiger partial charge on any atom is 0.287 e. The van der Waals surface area contributed by atoms with E-state index in [9.17, 15) is 4.79 Å². The first-order valence-corrected chi connectivity index (χ1v) is 6.94. The molecule has 108 valence electrons. The van der Waals surface area contributed by atoms with E-state index in [1.54, 1.807) is 6.20 Å². The summed E-state index contributed by atoms with van der Waals surface area (Å²) in [4.78, 5) is 14.0. The molecule has 19 heavy (non-hydrogen) atoms. The number of anilines is 1. The van der Waals surface area contributed by atoms with Gasteiger partial charge in [0, 0.05) is 19.6 Å². The summed E-state index contributed by atoms with van der Waals surface area (Å²) in [6.07, 6.45) is 1.66. The molecular weight excluding hydrogens is 264 g/mol. The summed E-state index contributed by atoms with van der Waals surface area (Å²) >= 11 is 6.18. The zero-order valence-corrected chi connectivity index (χ0v) is 12.9. The van der Waals surface area contributed by atoms with Crippen molar-refractivity contribution in [3.8, 4) is 0 Å². The lowest BCUT2D eigenvalue weighted by molar-refractivity contribution is 0.379. The van der Waals surface area contributed by atoms with Gasteiger partial charge in [-0.3, -0.25) is 4.79 Å². The summed E-state index contributed by atoms with van der Waals surface area (Å²) in [6, 6.07) is 0. The first-order chi connectivity index (χ1) is 8.86. The van der Waals surface area contributed by atoms with Gasteiger partial charge in [0.05, 0.1) is 11.9 Å². The summed E-state index contributed by atoms with van der Waals surface area (Å²) in [5, 5.41) is 4.36. The molecule has 0 aliphatic heterocycles. The predicted molar refractivity (Wildman–Crippen MR) is 79.9 cm³/mol. The van der Waals surface area contributed by atoms with Gasteiger partial charge in [0.2, 0.25) is 0 Å². The number of hydrogen-bond acceptors (Lipinski definition) is 4. The average Bonchev–Trinajstić information content (AvgIpc) is 2.39. The summed E-state index contributed by atoms with van der Waals surface area (Å²) in [5.41, 5.74) is 6.15. The van der Waals surface area contributed by atoms with Gasteiger partial charge in [-0.15, -0.1) is 0 Å². The zero-order valence-electron chi connectivity index (χ0n) is 12.1. The van der Waals surface area contributed by atoms with Gasteiger partial charge in [-0.1, -0.05) is 25.4 Å². The van der Waals surface area contributed by atoms with Gasteiger partial charge >= 0.3 is 0 Å². The van der Waals surface area contributed by atoms with Gasteiger partial charge in [0.15, 0.2) is 0 Å². The van der Waals surface area contributed by atoms with E-state index in [4.69, 9.17) is 17.3 Å². The molecule has 2 N–H and O–H groups in total. The predicted octanol–water partition coefficient (Wildman–Crippen LogP) is 1.73. The second-order valence-electron chi connectivity index (χ2n) is 5.35.